The number of carbonyl (C=O) groups is 2. The van der Waals surface area contributed by atoms with E-state index in [0.29, 0.717) is 29.4 Å². The molecule has 5 heteroatoms. The van der Waals surface area contributed by atoms with Gasteiger partial charge in [0.2, 0.25) is 0 Å². The van der Waals surface area contributed by atoms with E-state index in [9.17, 15) is 9.59 Å². The van der Waals surface area contributed by atoms with E-state index in [1.807, 2.05) is 30.3 Å². The van der Waals surface area contributed by atoms with Gasteiger partial charge in [0.1, 0.15) is 12.9 Å². The third kappa shape index (κ3) is 2.85. The van der Waals surface area contributed by atoms with Gasteiger partial charge in [-0.1, -0.05) is 30.3 Å². The zero-order valence-electron chi connectivity index (χ0n) is 13.9. The molecule has 0 radical (unpaired) electrons. The summed E-state index contributed by atoms with van der Waals surface area (Å²) < 4.78 is 11.8. The highest BCUT2D eigenvalue weighted by atomic mass is 16.5. The molecule has 0 saturated heterocycles. The number of carbonyl (C=O) groups excluding carboxylic acids is 2. The lowest BCUT2D eigenvalue weighted by molar-refractivity contribution is -0.132. The molecule has 0 spiro atoms. The van der Waals surface area contributed by atoms with Crippen LogP contribution in [0, 0.1) is 0 Å². The Hall–Kier alpha value is -2.82. The third-order valence-corrected chi connectivity index (χ3v) is 3.97. The molecule has 0 bridgehead atoms. The molecule has 0 saturated carbocycles. The van der Waals surface area contributed by atoms with E-state index in [4.69, 9.17) is 9.47 Å². The number of aldehydes is 1. The van der Waals surface area contributed by atoms with Gasteiger partial charge in [-0.25, -0.2) is 0 Å². The van der Waals surface area contributed by atoms with Gasteiger partial charge in [0, 0.05) is 12.6 Å². The van der Waals surface area contributed by atoms with Gasteiger partial charge >= 0.3 is 0 Å². The number of fused-ring (bicyclic) bond motifs is 1. The third-order valence-electron chi connectivity index (χ3n) is 3.97. The molecule has 24 heavy (non-hydrogen) atoms. The number of benzene rings is 2. The number of hydrogen-bond donors (Lipinski definition) is 0. The van der Waals surface area contributed by atoms with E-state index in [0.717, 1.165) is 11.8 Å². The minimum Gasteiger partial charge on any atom is -0.485 e. The summed E-state index contributed by atoms with van der Waals surface area (Å²) in [5, 5.41) is 0. The number of hydrogen-bond acceptors (Lipinski definition) is 4. The number of ether oxygens (including phenoxy) is 2. The van der Waals surface area contributed by atoms with Crippen LogP contribution in [0.1, 0.15) is 29.8 Å². The SMILES string of the molecule is CN1C(=O)C(C)(C)Oc2c(OCc3ccccc3)cc(C=O)cc21. The van der Waals surface area contributed by atoms with Gasteiger partial charge in [0.25, 0.3) is 5.91 Å². The summed E-state index contributed by atoms with van der Waals surface area (Å²) in [5.41, 5.74) is 0.976. The Balaban J connectivity index is 2.00. The normalized spacial score (nSPS) is 15.5. The average molecular weight is 325 g/mol. The Morgan fingerprint density at radius 3 is 2.58 bits per heavy atom. The largest absolute Gasteiger partial charge is 0.485 e. The molecule has 0 aliphatic carbocycles. The second kappa shape index (κ2) is 6.00. The number of amides is 1. The molecule has 0 unspecified atom stereocenters. The molecular formula is C19H19NO4. The van der Waals surface area contributed by atoms with Crippen molar-refractivity contribution in [2.75, 3.05) is 11.9 Å². The van der Waals surface area contributed by atoms with Crippen molar-refractivity contribution in [1.82, 2.24) is 0 Å². The first-order chi connectivity index (χ1) is 11.4. The highest BCUT2D eigenvalue weighted by Crippen LogP contribution is 2.44. The van der Waals surface area contributed by atoms with E-state index in [1.165, 1.54) is 4.90 Å². The van der Waals surface area contributed by atoms with Crippen molar-refractivity contribution in [2.45, 2.75) is 26.1 Å². The minimum atomic E-state index is -0.991. The molecule has 1 heterocycles. The van der Waals surface area contributed by atoms with Crippen LogP contribution in [-0.2, 0) is 11.4 Å². The highest BCUT2D eigenvalue weighted by molar-refractivity contribution is 6.03. The first-order valence-electron chi connectivity index (χ1n) is 7.69. The first-order valence-corrected chi connectivity index (χ1v) is 7.69. The van der Waals surface area contributed by atoms with E-state index < -0.39 is 5.60 Å². The molecule has 5 nitrogen and oxygen atoms in total. The van der Waals surface area contributed by atoms with E-state index in [2.05, 4.69) is 0 Å². The summed E-state index contributed by atoms with van der Waals surface area (Å²) >= 11 is 0. The van der Waals surface area contributed by atoms with Crippen LogP contribution < -0.4 is 14.4 Å². The summed E-state index contributed by atoms with van der Waals surface area (Å²) in [6.45, 7) is 3.77. The van der Waals surface area contributed by atoms with Crippen LogP contribution >= 0.6 is 0 Å². The lowest BCUT2D eigenvalue weighted by Crippen LogP contribution is -2.51. The molecule has 124 valence electrons. The van der Waals surface area contributed by atoms with E-state index in [-0.39, 0.29) is 5.91 Å². The van der Waals surface area contributed by atoms with Crippen molar-refractivity contribution in [3.63, 3.8) is 0 Å². The van der Waals surface area contributed by atoms with Crippen molar-refractivity contribution < 1.29 is 19.1 Å². The zero-order chi connectivity index (χ0) is 17.3. The number of nitrogens with zero attached hydrogens (tertiary/aromatic N) is 1. The molecule has 2 aromatic carbocycles. The van der Waals surface area contributed by atoms with E-state index in [1.54, 1.807) is 33.0 Å². The summed E-state index contributed by atoms with van der Waals surface area (Å²) in [5.74, 6) is 0.751. The van der Waals surface area contributed by atoms with Gasteiger partial charge in [0.05, 0.1) is 5.69 Å². The fourth-order valence-corrected chi connectivity index (χ4v) is 2.68. The van der Waals surface area contributed by atoms with Crippen molar-refractivity contribution in [3.05, 3.63) is 53.6 Å². The molecule has 1 aliphatic rings. The summed E-state index contributed by atoms with van der Waals surface area (Å²) in [6, 6.07) is 13.0. The van der Waals surface area contributed by atoms with Crippen LogP contribution in [0.2, 0.25) is 0 Å². The Labute approximate surface area is 140 Å². The zero-order valence-corrected chi connectivity index (χ0v) is 13.9. The molecule has 1 amide bonds. The highest BCUT2D eigenvalue weighted by Gasteiger charge is 2.41. The maximum absolute atomic E-state index is 12.4. The molecule has 0 N–H and O–H groups in total. The predicted molar refractivity (Wildman–Crippen MR) is 90.7 cm³/mol. The first kappa shape index (κ1) is 16.1. The topological polar surface area (TPSA) is 55.8 Å². The van der Waals surface area contributed by atoms with Crippen molar-refractivity contribution in [2.24, 2.45) is 0 Å². The monoisotopic (exact) mass is 325 g/mol. The molecule has 0 aromatic heterocycles. The van der Waals surface area contributed by atoms with Crippen LogP contribution in [0.5, 0.6) is 11.5 Å². The molecule has 3 rings (SSSR count). The molecule has 1 aliphatic heterocycles. The lowest BCUT2D eigenvalue weighted by Gasteiger charge is -2.37. The Morgan fingerprint density at radius 1 is 1.21 bits per heavy atom. The van der Waals surface area contributed by atoms with Crippen LogP contribution in [0.15, 0.2) is 42.5 Å². The molecule has 0 fully saturated rings. The summed E-state index contributed by atoms with van der Waals surface area (Å²) in [4.78, 5) is 25.1. The Bertz CT molecular complexity index is 783. The van der Waals surface area contributed by atoms with Gasteiger partial charge in [-0.3, -0.25) is 9.59 Å². The minimum absolute atomic E-state index is 0.174. The van der Waals surface area contributed by atoms with E-state index >= 15 is 0 Å². The standard InChI is InChI=1S/C19H19NO4/c1-19(2)18(22)20(3)15-9-14(11-21)10-16(17(15)24-19)23-12-13-7-5-4-6-8-13/h4-11H,12H2,1-3H3. The van der Waals surface area contributed by atoms with Gasteiger partial charge < -0.3 is 14.4 Å². The Kier molecular flexibility index (Phi) is 4.01. The molecular weight excluding hydrogens is 306 g/mol. The van der Waals surface area contributed by atoms with Crippen LogP contribution in [-0.4, -0.2) is 24.8 Å². The lowest BCUT2D eigenvalue weighted by atomic mass is 10.0. The number of anilines is 1. The van der Waals surface area contributed by atoms with Gasteiger partial charge in [-0.05, 0) is 31.5 Å². The maximum atomic E-state index is 12.4. The second-order valence-electron chi connectivity index (χ2n) is 6.24. The van der Waals surface area contributed by atoms with Crippen molar-refractivity contribution in [1.29, 1.82) is 0 Å². The average Bonchev–Trinajstić information content (AvgIpc) is 2.59. The predicted octanol–water partition coefficient (Wildman–Crippen LogP) is 3.21. The van der Waals surface area contributed by atoms with Crippen LogP contribution in [0.25, 0.3) is 0 Å². The van der Waals surface area contributed by atoms with Crippen molar-refractivity contribution in [3.8, 4) is 11.5 Å². The fourth-order valence-electron chi connectivity index (χ4n) is 2.68. The summed E-state index contributed by atoms with van der Waals surface area (Å²) in [7, 11) is 1.67. The maximum Gasteiger partial charge on any atom is 0.270 e. The van der Waals surface area contributed by atoms with Gasteiger partial charge in [-0.15, -0.1) is 0 Å². The number of likely N-dealkylation sites (N-methyl/N-ethyl adjacent to an activating group) is 1. The quantitative estimate of drug-likeness (QED) is 0.810. The molecule has 2 aromatic rings. The smallest absolute Gasteiger partial charge is 0.270 e. The van der Waals surface area contributed by atoms with Crippen LogP contribution in [0.3, 0.4) is 0 Å². The van der Waals surface area contributed by atoms with Gasteiger partial charge in [-0.2, -0.15) is 0 Å². The van der Waals surface area contributed by atoms with Crippen molar-refractivity contribution >= 4 is 17.9 Å². The van der Waals surface area contributed by atoms with Gasteiger partial charge in [0.15, 0.2) is 17.1 Å². The number of rotatable bonds is 4. The Morgan fingerprint density at radius 2 is 1.92 bits per heavy atom. The van der Waals surface area contributed by atoms with Crippen LogP contribution in [0.4, 0.5) is 5.69 Å². The summed E-state index contributed by atoms with van der Waals surface area (Å²) in [6.07, 6.45) is 0.730. The fraction of sp³-hybridized carbons (Fsp3) is 0.263. The second-order valence-corrected chi connectivity index (χ2v) is 6.24. The molecule has 0 atom stereocenters.